The van der Waals surface area contributed by atoms with Crippen molar-refractivity contribution in [2.45, 2.75) is 38.6 Å². The predicted molar refractivity (Wildman–Crippen MR) is 65.1 cm³/mol. The monoisotopic (exact) mass is 235 g/mol. The number of carbonyl (C=O) groups excluding carboxylic acids is 1. The third-order valence-electron chi connectivity index (χ3n) is 3.10. The number of amides is 1. The maximum atomic E-state index is 12.9. The lowest BCUT2D eigenvalue weighted by Crippen LogP contribution is -2.33. The summed E-state index contributed by atoms with van der Waals surface area (Å²) in [5.74, 6) is -0.177. The van der Waals surface area contributed by atoms with Crippen molar-refractivity contribution < 1.29 is 9.18 Å². The van der Waals surface area contributed by atoms with Gasteiger partial charge in [-0.25, -0.2) is 4.39 Å². The van der Waals surface area contributed by atoms with Gasteiger partial charge in [-0.2, -0.15) is 0 Å². The van der Waals surface area contributed by atoms with Gasteiger partial charge >= 0.3 is 0 Å². The first-order chi connectivity index (χ1) is 8.08. The second-order valence-electron chi connectivity index (χ2n) is 5.06. The average molecular weight is 235 g/mol. The van der Waals surface area contributed by atoms with Crippen LogP contribution < -0.4 is 5.32 Å². The summed E-state index contributed by atoms with van der Waals surface area (Å²) in [5.41, 5.74) is 0.888. The molecule has 0 spiro atoms. The standard InChI is InChI=1S/C14H18FNO/c1-9(2)13(14(17)16-12-7-8-12)10-3-5-11(15)6-4-10/h3-6,9,12-13H,7-8H2,1-2H3,(H,16,17). The van der Waals surface area contributed by atoms with Crippen LogP contribution in [0.3, 0.4) is 0 Å². The molecule has 2 nitrogen and oxygen atoms in total. The van der Waals surface area contributed by atoms with E-state index in [1.165, 1.54) is 12.1 Å². The van der Waals surface area contributed by atoms with Crippen LogP contribution in [0, 0.1) is 11.7 Å². The van der Waals surface area contributed by atoms with E-state index in [0.29, 0.717) is 6.04 Å². The molecule has 17 heavy (non-hydrogen) atoms. The molecular formula is C14H18FNO. The normalized spacial score (nSPS) is 16.9. The summed E-state index contributed by atoms with van der Waals surface area (Å²) in [5, 5.41) is 3.02. The highest BCUT2D eigenvalue weighted by molar-refractivity contribution is 5.84. The molecule has 0 saturated heterocycles. The van der Waals surface area contributed by atoms with Crippen LogP contribution in [0.25, 0.3) is 0 Å². The number of hydrogen-bond acceptors (Lipinski definition) is 1. The quantitative estimate of drug-likeness (QED) is 0.854. The lowest BCUT2D eigenvalue weighted by atomic mass is 9.87. The van der Waals surface area contributed by atoms with E-state index in [0.717, 1.165) is 18.4 Å². The zero-order valence-corrected chi connectivity index (χ0v) is 10.2. The smallest absolute Gasteiger partial charge is 0.228 e. The number of nitrogens with one attached hydrogen (secondary N) is 1. The molecule has 92 valence electrons. The van der Waals surface area contributed by atoms with Crippen molar-refractivity contribution in [1.82, 2.24) is 5.32 Å². The fraction of sp³-hybridized carbons (Fsp3) is 0.500. The maximum Gasteiger partial charge on any atom is 0.228 e. The first-order valence-electron chi connectivity index (χ1n) is 6.14. The topological polar surface area (TPSA) is 29.1 Å². The summed E-state index contributed by atoms with van der Waals surface area (Å²) in [6.45, 7) is 4.03. The largest absolute Gasteiger partial charge is 0.353 e. The van der Waals surface area contributed by atoms with E-state index in [9.17, 15) is 9.18 Å². The Balaban J connectivity index is 2.15. The maximum absolute atomic E-state index is 12.9. The molecule has 1 aromatic carbocycles. The summed E-state index contributed by atoms with van der Waals surface area (Å²) >= 11 is 0. The Morgan fingerprint density at radius 2 is 1.88 bits per heavy atom. The van der Waals surface area contributed by atoms with Gasteiger partial charge in [-0.3, -0.25) is 4.79 Å². The van der Waals surface area contributed by atoms with Crippen LogP contribution in [0.4, 0.5) is 4.39 Å². The minimum Gasteiger partial charge on any atom is -0.353 e. The fourth-order valence-corrected chi connectivity index (χ4v) is 2.03. The SMILES string of the molecule is CC(C)C(C(=O)NC1CC1)c1ccc(F)cc1. The van der Waals surface area contributed by atoms with Crippen LogP contribution in [0.15, 0.2) is 24.3 Å². The molecule has 0 heterocycles. The zero-order chi connectivity index (χ0) is 12.4. The first-order valence-corrected chi connectivity index (χ1v) is 6.14. The van der Waals surface area contributed by atoms with Gasteiger partial charge in [-0.1, -0.05) is 26.0 Å². The van der Waals surface area contributed by atoms with E-state index in [4.69, 9.17) is 0 Å². The molecule has 1 unspecified atom stereocenters. The number of rotatable bonds is 4. The summed E-state index contributed by atoms with van der Waals surface area (Å²) < 4.78 is 12.9. The van der Waals surface area contributed by atoms with Crippen molar-refractivity contribution in [3.8, 4) is 0 Å². The van der Waals surface area contributed by atoms with Crippen molar-refractivity contribution in [2.24, 2.45) is 5.92 Å². The van der Waals surface area contributed by atoms with Crippen LogP contribution in [-0.4, -0.2) is 11.9 Å². The lowest BCUT2D eigenvalue weighted by molar-refractivity contribution is -0.123. The van der Waals surface area contributed by atoms with Crippen molar-refractivity contribution in [1.29, 1.82) is 0 Å². The van der Waals surface area contributed by atoms with E-state index in [2.05, 4.69) is 5.32 Å². The van der Waals surface area contributed by atoms with Crippen molar-refractivity contribution in [3.63, 3.8) is 0 Å². The van der Waals surface area contributed by atoms with Crippen molar-refractivity contribution in [2.75, 3.05) is 0 Å². The van der Waals surface area contributed by atoms with Gasteiger partial charge in [-0.05, 0) is 36.5 Å². The Hall–Kier alpha value is -1.38. The second-order valence-corrected chi connectivity index (χ2v) is 5.06. The Labute approximate surface area is 101 Å². The zero-order valence-electron chi connectivity index (χ0n) is 10.2. The highest BCUT2D eigenvalue weighted by Crippen LogP contribution is 2.27. The molecule has 1 atom stereocenters. The van der Waals surface area contributed by atoms with E-state index >= 15 is 0 Å². The molecule has 1 fully saturated rings. The molecule has 1 aliphatic rings. The molecule has 1 aromatic rings. The van der Waals surface area contributed by atoms with Crippen LogP contribution in [0.5, 0.6) is 0 Å². The molecule has 1 aliphatic carbocycles. The lowest BCUT2D eigenvalue weighted by Gasteiger charge is -2.20. The average Bonchev–Trinajstić information content (AvgIpc) is 3.04. The molecular weight excluding hydrogens is 217 g/mol. The summed E-state index contributed by atoms with van der Waals surface area (Å²) in [4.78, 5) is 12.1. The Morgan fingerprint density at radius 3 is 2.35 bits per heavy atom. The Kier molecular flexibility index (Phi) is 3.46. The molecule has 2 rings (SSSR count). The van der Waals surface area contributed by atoms with Gasteiger partial charge in [0.1, 0.15) is 5.82 Å². The molecule has 1 amide bonds. The molecule has 1 N–H and O–H groups in total. The third kappa shape index (κ3) is 3.05. The fourth-order valence-electron chi connectivity index (χ4n) is 2.03. The van der Waals surface area contributed by atoms with Crippen molar-refractivity contribution in [3.05, 3.63) is 35.6 Å². The van der Waals surface area contributed by atoms with Gasteiger partial charge in [0.05, 0.1) is 5.92 Å². The van der Waals surface area contributed by atoms with Gasteiger partial charge in [0, 0.05) is 6.04 Å². The molecule has 1 saturated carbocycles. The number of halogens is 1. The third-order valence-corrected chi connectivity index (χ3v) is 3.10. The summed E-state index contributed by atoms with van der Waals surface area (Å²) in [7, 11) is 0. The molecule has 0 bridgehead atoms. The van der Waals surface area contributed by atoms with E-state index in [-0.39, 0.29) is 23.6 Å². The minimum atomic E-state index is -0.265. The van der Waals surface area contributed by atoms with Gasteiger partial charge in [0.25, 0.3) is 0 Å². The van der Waals surface area contributed by atoms with Crippen molar-refractivity contribution >= 4 is 5.91 Å². The summed E-state index contributed by atoms with van der Waals surface area (Å²) in [6.07, 6.45) is 2.17. The summed E-state index contributed by atoms with van der Waals surface area (Å²) in [6, 6.07) is 6.59. The van der Waals surface area contributed by atoms with Crippen LogP contribution >= 0.6 is 0 Å². The second kappa shape index (κ2) is 4.86. The Bertz CT molecular complexity index is 395. The number of hydrogen-bond donors (Lipinski definition) is 1. The Morgan fingerprint density at radius 1 is 1.29 bits per heavy atom. The first kappa shape index (κ1) is 12.1. The van der Waals surface area contributed by atoms with E-state index in [1.807, 2.05) is 13.8 Å². The van der Waals surface area contributed by atoms with Crippen LogP contribution in [0.2, 0.25) is 0 Å². The predicted octanol–water partition coefficient (Wildman–Crippen LogP) is 2.84. The van der Waals surface area contributed by atoms with Gasteiger partial charge in [-0.15, -0.1) is 0 Å². The van der Waals surface area contributed by atoms with Gasteiger partial charge in [0.2, 0.25) is 5.91 Å². The molecule has 0 radical (unpaired) electrons. The van der Waals surface area contributed by atoms with Crippen LogP contribution in [0.1, 0.15) is 38.2 Å². The molecule has 0 aliphatic heterocycles. The van der Waals surface area contributed by atoms with Gasteiger partial charge in [0.15, 0.2) is 0 Å². The van der Waals surface area contributed by atoms with E-state index < -0.39 is 0 Å². The highest BCUT2D eigenvalue weighted by Gasteiger charge is 2.29. The van der Waals surface area contributed by atoms with E-state index in [1.54, 1.807) is 12.1 Å². The molecule has 0 aromatic heterocycles. The minimum absolute atomic E-state index is 0.0640. The molecule has 3 heteroatoms. The van der Waals surface area contributed by atoms with Crippen LogP contribution in [-0.2, 0) is 4.79 Å². The number of carbonyl (C=O) groups is 1. The highest BCUT2D eigenvalue weighted by atomic mass is 19.1. The van der Waals surface area contributed by atoms with Gasteiger partial charge < -0.3 is 5.32 Å². The number of benzene rings is 1.